The zero-order valence-corrected chi connectivity index (χ0v) is 8.14. The Bertz CT molecular complexity index is 276. The molecule has 72 valence electrons. The predicted molar refractivity (Wildman–Crippen MR) is 53.1 cm³/mol. The van der Waals surface area contributed by atoms with Crippen LogP contribution in [0.5, 0.6) is 0 Å². The van der Waals surface area contributed by atoms with Gasteiger partial charge in [0.05, 0.1) is 11.9 Å². The maximum absolute atomic E-state index is 11.1. The summed E-state index contributed by atoms with van der Waals surface area (Å²) < 4.78 is 11.1. The summed E-state index contributed by atoms with van der Waals surface area (Å²) in [6, 6.07) is 0.468. The van der Waals surface area contributed by atoms with E-state index in [4.69, 9.17) is 0 Å². The van der Waals surface area contributed by atoms with E-state index in [1.54, 1.807) is 6.20 Å². The van der Waals surface area contributed by atoms with E-state index >= 15 is 0 Å². The quantitative estimate of drug-likeness (QED) is 0.738. The van der Waals surface area contributed by atoms with Gasteiger partial charge in [0.2, 0.25) is 0 Å². The van der Waals surface area contributed by atoms with Gasteiger partial charge in [0.1, 0.15) is 0 Å². The third-order valence-electron chi connectivity index (χ3n) is 2.26. The van der Waals surface area contributed by atoms with Crippen molar-refractivity contribution in [2.24, 2.45) is 0 Å². The summed E-state index contributed by atoms with van der Waals surface area (Å²) >= 11 is 0. The van der Waals surface area contributed by atoms with E-state index in [9.17, 15) is 4.21 Å². The van der Waals surface area contributed by atoms with E-state index in [1.165, 1.54) is 0 Å². The molecule has 13 heavy (non-hydrogen) atoms. The Morgan fingerprint density at radius 1 is 1.54 bits per heavy atom. The van der Waals surface area contributed by atoms with Gasteiger partial charge in [0.15, 0.2) is 0 Å². The first-order valence-electron chi connectivity index (χ1n) is 4.45. The molecule has 0 spiro atoms. The van der Waals surface area contributed by atoms with Gasteiger partial charge >= 0.3 is 0 Å². The van der Waals surface area contributed by atoms with Gasteiger partial charge in [-0.15, -0.1) is 0 Å². The van der Waals surface area contributed by atoms with Crippen LogP contribution in [0.4, 0.5) is 5.69 Å². The van der Waals surface area contributed by atoms with Crippen molar-refractivity contribution >= 4 is 16.5 Å². The largest absolute Gasteiger partial charge is 0.380 e. The molecule has 0 aromatic carbocycles. The molecule has 1 aliphatic rings. The summed E-state index contributed by atoms with van der Waals surface area (Å²) in [5.74, 6) is 1.66. The summed E-state index contributed by atoms with van der Waals surface area (Å²) in [6.45, 7) is 0. The minimum Gasteiger partial charge on any atom is -0.380 e. The fraction of sp³-hybridized carbons (Fsp3) is 0.625. The number of H-pyrrole nitrogens is 1. The van der Waals surface area contributed by atoms with E-state index in [2.05, 4.69) is 15.5 Å². The predicted octanol–water partition coefficient (Wildman–Crippen LogP) is 0.733. The van der Waals surface area contributed by atoms with Crippen molar-refractivity contribution in [2.75, 3.05) is 16.8 Å². The van der Waals surface area contributed by atoms with Gasteiger partial charge in [-0.1, -0.05) is 0 Å². The molecule has 5 heteroatoms. The van der Waals surface area contributed by atoms with Crippen molar-refractivity contribution in [3.8, 4) is 0 Å². The van der Waals surface area contributed by atoms with Crippen molar-refractivity contribution in [2.45, 2.75) is 18.9 Å². The third-order valence-corrected chi connectivity index (χ3v) is 3.64. The molecule has 2 N–H and O–H groups in total. The second-order valence-electron chi connectivity index (χ2n) is 3.25. The molecular weight excluding hydrogens is 186 g/mol. The Hall–Kier alpha value is -0.840. The molecule has 1 aliphatic heterocycles. The Labute approximate surface area is 79.6 Å². The van der Waals surface area contributed by atoms with E-state index < -0.39 is 10.8 Å². The molecule has 1 aromatic rings. The van der Waals surface area contributed by atoms with Gasteiger partial charge in [0.25, 0.3) is 0 Å². The molecule has 1 aromatic heterocycles. The van der Waals surface area contributed by atoms with Gasteiger partial charge in [-0.25, -0.2) is 0 Å². The summed E-state index contributed by atoms with van der Waals surface area (Å²) in [5.41, 5.74) is 1.03. The number of rotatable bonds is 2. The average molecular weight is 199 g/mol. The highest BCUT2D eigenvalue weighted by atomic mass is 32.2. The molecular formula is C8H13N3OS. The van der Waals surface area contributed by atoms with Crippen LogP contribution in [0.1, 0.15) is 12.8 Å². The van der Waals surface area contributed by atoms with Crippen LogP contribution in [-0.2, 0) is 10.8 Å². The van der Waals surface area contributed by atoms with Crippen LogP contribution in [0.2, 0.25) is 0 Å². The summed E-state index contributed by atoms with van der Waals surface area (Å²) in [7, 11) is -0.573. The lowest BCUT2D eigenvalue weighted by molar-refractivity contribution is 0.624. The smallest absolute Gasteiger partial charge is 0.0725 e. The number of anilines is 1. The van der Waals surface area contributed by atoms with E-state index in [1.807, 2.05) is 6.20 Å². The first-order valence-corrected chi connectivity index (χ1v) is 5.94. The van der Waals surface area contributed by atoms with Crippen molar-refractivity contribution < 1.29 is 4.21 Å². The number of hydrogen-bond acceptors (Lipinski definition) is 3. The van der Waals surface area contributed by atoms with Crippen LogP contribution in [0, 0.1) is 0 Å². The Kier molecular flexibility index (Phi) is 2.63. The van der Waals surface area contributed by atoms with Crippen molar-refractivity contribution in [1.82, 2.24) is 10.2 Å². The van der Waals surface area contributed by atoms with Crippen molar-refractivity contribution in [1.29, 1.82) is 0 Å². The highest BCUT2D eigenvalue weighted by molar-refractivity contribution is 7.85. The van der Waals surface area contributed by atoms with Gasteiger partial charge < -0.3 is 5.32 Å². The SMILES string of the molecule is O=S1CCC(Nc2cn[nH]c2)CC1. The Balaban J connectivity index is 1.86. The molecule has 4 nitrogen and oxygen atoms in total. The fourth-order valence-corrected chi connectivity index (χ4v) is 2.80. The topological polar surface area (TPSA) is 57.8 Å². The molecule has 0 aliphatic carbocycles. The molecule has 2 rings (SSSR count). The summed E-state index contributed by atoms with van der Waals surface area (Å²) in [4.78, 5) is 0. The van der Waals surface area contributed by atoms with Crippen LogP contribution in [0.25, 0.3) is 0 Å². The molecule has 0 bridgehead atoms. The zero-order valence-electron chi connectivity index (χ0n) is 7.32. The second kappa shape index (κ2) is 3.91. The molecule has 1 saturated heterocycles. The lowest BCUT2D eigenvalue weighted by Gasteiger charge is -2.22. The fourth-order valence-electron chi connectivity index (χ4n) is 1.50. The normalized spacial score (nSPS) is 28.6. The molecule has 0 atom stereocenters. The van der Waals surface area contributed by atoms with E-state index in [0.29, 0.717) is 6.04 Å². The van der Waals surface area contributed by atoms with Gasteiger partial charge in [-0.05, 0) is 12.8 Å². The number of nitrogens with one attached hydrogen (secondary N) is 2. The van der Waals surface area contributed by atoms with Crippen LogP contribution in [-0.4, -0.2) is 32.0 Å². The highest BCUT2D eigenvalue weighted by Crippen LogP contribution is 2.14. The maximum atomic E-state index is 11.1. The Morgan fingerprint density at radius 2 is 2.31 bits per heavy atom. The average Bonchev–Trinajstić information content (AvgIpc) is 2.62. The zero-order chi connectivity index (χ0) is 9.10. The standard InChI is InChI=1S/C8H13N3OS/c12-13-3-1-7(2-4-13)11-8-5-9-10-6-8/h5-7,11H,1-4H2,(H,9,10). The van der Waals surface area contributed by atoms with E-state index in [0.717, 1.165) is 30.0 Å². The maximum Gasteiger partial charge on any atom is 0.0725 e. The lowest BCUT2D eigenvalue weighted by atomic mass is 10.1. The number of hydrogen-bond donors (Lipinski definition) is 2. The minimum atomic E-state index is -0.573. The molecule has 0 amide bonds. The Morgan fingerprint density at radius 3 is 2.92 bits per heavy atom. The number of aromatic nitrogens is 2. The molecule has 0 radical (unpaired) electrons. The van der Waals surface area contributed by atoms with Gasteiger partial charge in [-0.3, -0.25) is 9.31 Å². The van der Waals surface area contributed by atoms with Crippen LogP contribution < -0.4 is 5.32 Å². The van der Waals surface area contributed by atoms with Crippen LogP contribution >= 0.6 is 0 Å². The molecule has 0 saturated carbocycles. The third kappa shape index (κ3) is 2.30. The molecule has 0 unspecified atom stereocenters. The first-order chi connectivity index (χ1) is 6.34. The molecule has 2 heterocycles. The van der Waals surface area contributed by atoms with Crippen LogP contribution in [0.3, 0.4) is 0 Å². The number of nitrogens with zero attached hydrogens (tertiary/aromatic N) is 1. The summed E-state index contributed by atoms with van der Waals surface area (Å²) in [6.07, 6.45) is 5.60. The minimum absolute atomic E-state index is 0.468. The highest BCUT2D eigenvalue weighted by Gasteiger charge is 2.17. The van der Waals surface area contributed by atoms with Crippen LogP contribution in [0.15, 0.2) is 12.4 Å². The summed E-state index contributed by atoms with van der Waals surface area (Å²) in [5, 5.41) is 9.96. The van der Waals surface area contributed by atoms with Crippen molar-refractivity contribution in [3.05, 3.63) is 12.4 Å². The first kappa shape index (κ1) is 8.74. The lowest BCUT2D eigenvalue weighted by Crippen LogP contribution is -2.29. The number of aromatic amines is 1. The van der Waals surface area contributed by atoms with E-state index in [-0.39, 0.29) is 0 Å². The monoisotopic (exact) mass is 199 g/mol. The van der Waals surface area contributed by atoms with Gasteiger partial charge in [0, 0.05) is 34.5 Å². The molecule has 1 fully saturated rings. The van der Waals surface area contributed by atoms with Gasteiger partial charge in [-0.2, -0.15) is 5.10 Å². The second-order valence-corrected chi connectivity index (χ2v) is 4.95. The van der Waals surface area contributed by atoms with Crippen molar-refractivity contribution in [3.63, 3.8) is 0 Å².